The second-order valence-electron chi connectivity index (χ2n) is 5.40. The molecule has 1 aromatic carbocycles. The minimum absolute atomic E-state index is 0.215. The third kappa shape index (κ3) is 3.60. The Bertz CT molecular complexity index is 533. The number of hydrogen-bond donors (Lipinski definition) is 2. The van der Waals surface area contributed by atoms with E-state index >= 15 is 0 Å². The highest BCUT2D eigenvalue weighted by Gasteiger charge is 2.18. The number of aliphatic hydroxyl groups is 1. The van der Waals surface area contributed by atoms with Gasteiger partial charge in [0.05, 0.1) is 6.61 Å². The van der Waals surface area contributed by atoms with E-state index in [-0.39, 0.29) is 6.61 Å². The first-order chi connectivity index (χ1) is 10.8. The molecule has 0 bridgehead atoms. The quantitative estimate of drug-likeness (QED) is 0.778. The minimum atomic E-state index is 0.215. The summed E-state index contributed by atoms with van der Waals surface area (Å²) < 4.78 is 10.7. The van der Waals surface area contributed by atoms with Gasteiger partial charge in [0, 0.05) is 39.3 Å². The molecule has 0 saturated carbocycles. The van der Waals surface area contributed by atoms with E-state index in [9.17, 15) is 0 Å². The van der Waals surface area contributed by atoms with Crippen LogP contribution in [0.25, 0.3) is 0 Å². The van der Waals surface area contributed by atoms with E-state index in [1.807, 2.05) is 18.2 Å². The highest BCUT2D eigenvalue weighted by Crippen LogP contribution is 2.32. The molecule has 1 aromatic rings. The normalized spacial score (nSPS) is 17.6. The van der Waals surface area contributed by atoms with E-state index < -0.39 is 0 Å². The third-order valence-electron chi connectivity index (χ3n) is 3.96. The van der Waals surface area contributed by atoms with Crippen molar-refractivity contribution in [2.75, 3.05) is 46.1 Å². The van der Waals surface area contributed by atoms with Crippen molar-refractivity contribution in [3.05, 3.63) is 23.8 Å². The lowest BCUT2D eigenvalue weighted by atomic mass is 10.2. The lowest BCUT2D eigenvalue weighted by Gasteiger charge is -2.35. The predicted molar refractivity (Wildman–Crippen MR) is 87.1 cm³/mol. The zero-order valence-electron chi connectivity index (χ0n) is 12.5. The fourth-order valence-electron chi connectivity index (χ4n) is 2.66. The summed E-state index contributed by atoms with van der Waals surface area (Å²) in [5.41, 5.74) is 1.12. The van der Waals surface area contributed by atoms with Crippen molar-refractivity contribution < 1.29 is 14.6 Å². The Balaban J connectivity index is 1.46. The molecule has 0 radical (unpaired) electrons. The van der Waals surface area contributed by atoms with E-state index in [0.717, 1.165) is 54.9 Å². The van der Waals surface area contributed by atoms with E-state index in [0.29, 0.717) is 13.3 Å². The maximum atomic E-state index is 8.96. The van der Waals surface area contributed by atoms with E-state index in [1.165, 1.54) is 0 Å². The van der Waals surface area contributed by atoms with Gasteiger partial charge in [-0.25, -0.2) is 0 Å². The van der Waals surface area contributed by atoms with Crippen molar-refractivity contribution in [1.82, 2.24) is 15.1 Å². The summed E-state index contributed by atoms with van der Waals surface area (Å²) in [6.45, 7) is 5.59. The highest BCUT2D eigenvalue weighted by molar-refractivity contribution is 7.80. The molecule has 2 heterocycles. The van der Waals surface area contributed by atoms with Gasteiger partial charge in [-0.15, -0.1) is 0 Å². The molecule has 22 heavy (non-hydrogen) atoms. The Morgan fingerprint density at radius 2 is 1.95 bits per heavy atom. The molecule has 1 saturated heterocycles. The predicted octanol–water partition coefficient (Wildman–Crippen LogP) is 0.400. The summed E-state index contributed by atoms with van der Waals surface area (Å²) in [6.07, 6.45) is 0. The molecule has 0 spiro atoms. The fraction of sp³-hybridized carbons (Fsp3) is 0.533. The Morgan fingerprint density at radius 1 is 1.18 bits per heavy atom. The van der Waals surface area contributed by atoms with Gasteiger partial charge in [0.15, 0.2) is 16.6 Å². The minimum Gasteiger partial charge on any atom is -0.454 e. The van der Waals surface area contributed by atoms with Gasteiger partial charge in [0.1, 0.15) is 0 Å². The first-order valence-corrected chi connectivity index (χ1v) is 7.91. The van der Waals surface area contributed by atoms with Crippen LogP contribution >= 0.6 is 12.2 Å². The molecule has 0 unspecified atom stereocenters. The van der Waals surface area contributed by atoms with Crippen LogP contribution in [0, 0.1) is 0 Å². The number of ether oxygens (including phenoxy) is 2. The Kier molecular flexibility index (Phi) is 4.97. The van der Waals surface area contributed by atoms with Crippen molar-refractivity contribution in [3.63, 3.8) is 0 Å². The van der Waals surface area contributed by atoms with Gasteiger partial charge in [0.2, 0.25) is 6.79 Å². The van der Waals surface area contributed by atoms with Crippen LogP contribution in [0.1, 0.15) is 5.56 Å². The second-order valence-corrected chi connectivity index (χ2v) is 5.79. The average Bonchev–Trinajstić information content (AvgIpc) is 3.01. The summed E-state index contributed by atoms with van der Waals surface area (Å²) in [4.78, 5) is 4.42. The van der Waals surface area contributed by atoms with Crippen LogP contribution in [0.2, 0.25) is 0 Å². The van der Waals surface area contributed by atoms with Crippen molar-refractivity contribution in [3.8, 4) is 11.5 Å². The molecule has 7 heteroatoms. The molecule has 120 valence electrons. The molecule has 6 nitrogen and oxygen atoms in total. The lowest BCUT2D eigenvalue weighted by Crippen LogP contribution is -2.51. The summed E-state index contributed by atoms with van der Waals surface area (Å²) in [5, 5.41) is 13.0. The highest BCUT2D eigenvalue weighted by atomic mass is 32.1. The van der Waals surface area contributed by atoms with E-state index in [2.05, 4.69) is 15.1 Å². The van der Waals surface area contributed by atoms with Gasteiger partial charge in [0.25, 0.3) is 0 Å². The maximum absolute atomic E-state index is 8.96. The van der Waals surface area contributed by atoms with Crippen LogP contribution in [0.5, 0.6) is 11.5 Å². The van der Waals surface area contributed by atoms with Gasteiger partial charge in [-0.05, 0) is 29.9 Å². The summed E-state index contributed by atoms with van der Waals surface area (Å²) in [6, 6.07) is 5.93. The number of β-amino-alcohol motifs (C(OH)–C–C–N with tert-alkyl or cyclic N) is 1. The number of nitrogens with one attached hydrogen (secondary N) is 1. The Morgan fingerprint density at radius 3 is 2.73 bits per heavy atom. The number of piperazine rings is 1. The number of aliphatic hydroxyl groups excluding tert-OH is 1. The zero-order chi connectivity index (χ0) is 15.4. The van der Waals surface area contributed by atoms with Gasteiger partial charge in [-0.2, -0.15) is 0 Å². The molecule has 0 aliphatic carbocycles. The van der Waals surface area contributed by atoms with Gasteiger partial charge in [-0.1, -0.05) is 6.07 Å². The number of hydrogen-bond acceptors (Lipinski definition) is 5. The van der Waals surface area contributed by atoms with Gasteiger partial charge < -0.3 is 24.8 Å². The molecule has 3 rings (SSSR count). The number of benzene rings is 1. The fourth-order valence-corrected chi connectivity index (χ4v) is 2.91. The summed E-state index contributed by atoms with van der Waals surface area (Å²) in [7, 11) is 0. The van der Waals surface area contributed by atoms with Crippen molar-refractivity contribution >= 4 is 17.3 Å². The number of nitrogens with zero attached hydrogens (tertiary/aromatic N) is 2. The molecular formula is C15H21N3O3S. The molecule has 0 atom stereocenters. The van der Waals surface area contributed by atoms with Crippen LogP contribution in [0.4, 0.5) is 0 Å². The number of fused-ring (bicyclic) bond motifs is 1. The number of rotatable bonds is 4. The monoisotopic (exact) mass is 323 g/mol. The van der Waals surface area contributed by atoms with Crippen LogP contribution in [0.3, 0.4) is 0 Å². The average molecular weight is 323 g/mol. The molecular weight excluding hydrogens is 302 g/mol. The molecule has 2 aliphatic rings. The summed E-state index contributed by atoms with van der Waals surface area (Å²) >= 11 is 5.47. The van der Waals surface area contributed by atoms with Gasteiger partial charge >= 0.3 is 0 Å². The first kappa shape index (κ1) is 15.3. The third-order valence-corrected chi connectivity index (χ3v) is 4.36. The molecule has 2 aliphatic heterocycles. The Labute approximate surface area is 135 Å². The summed E-state index contributed by atoms with van der Waals surface area (Å²) in [5.74, 6) is 1.59. The van der Waals surface area contributed by atoms with Crippen molar-refractivity contribution in [2.45, 2.75) is 6.54 Å². The zero-order valence-corrected chi connectivity index (χ0v) is 13.3. The van der Waals surface area contributed by atoms with Crippen LogP contribution in [-0.2, 0) is 6.54 Å². The number of thiocarbonyl (C=S) groups is 1. The van der Waals surface area contributed by atoms with E-state index in [4.69, 9.17) is 26.8 Å². The van der Waals surface area contributed by atoms with Crippen LogP contribution in [0.15, 0.2) is 18.2 Å². The molecule has 0 aromatic heterocycles. The topological polar surface area (TPSA) is 57.2 Å². The standard InChI is InChI=1S/C15H21N3O3S/c19-8-7-17-3-5-18(6-4-17)15(22)16-10-12-1-2-13-14(9-12)21-11-20-13/h1-2,9,19H,3-8,10-11H2,(H,16,22). The SMILES string of the molecule is OCCN1CCN(C(=S)NCc2ccc3c(c2)OCO3)CC1. The second kappa shape index (κ2) is 7.13. The Hall–Kier alpha value is -1.57. The van der Waals surface area contributed by atoms with Crippen molar-refractivity contribution in [2.24, 2.45) is 0 Å². The molecule has 0 amide bonds. The first-order valence-electron chi connectivity index (χ1n) is 7.51. The maximum Gasteiger partial charge on any atom is 0.231 e. The van der Waals surface area contributed by atoms with Crippen LogP contribution < -0.4 is 14.8 Å². The molecule has 2 N–H and O–H groups in total. The van der Waals surface area contributed by atoms with E-state index in [1.54, 1.807) is 0 Å². The largest absolute Gasteiger partial charge is 0.454 e. The van der Waals surface area contributed by atoms with Crippen LogP contribution in [-0.4, -0.2) is 66.1 Å². The smallest absolute Gasteiger partial charge is 0.231 e. The van der Waals surface area contributed by atoms with Crippen molar-refractivity contribution in [1.29, 1.82) is 0 Å². The lowest BCUT2D eigenvalue weighted by molar-refractivity contribution is 0.146. The molecule has 1 fully saturated rings. The van der Waals surface area contributed by atoms with Gasteiger partial charge in [-0.3, -0.25) is 4.90 Å².